The second kappa shape index (κ2) is 13.6. The van der Waals surface area contributed by atoms with Crippen molar-refractivity contribution in [2.24, 2.45) is 18.1 Å². The number of halogens is 1. The number of aryl methyl sites for hydroxylation is 1. The first-order valence-electron chi connectivity index (χ1n) is 14.3. The summed E-state index contributed by atoms with van der Waals surface area (Å²) < 4.78 is 43.1. The van der Waals surface area contributed by atoms with E-state index in [4.69, 9.17) is 31.5 Å². The molecule has 5 rings (SSSR count). The number of oxime groups is 1. The van der Waals surface area contributed by atoms with Crippen LogP contribution in [0.4, 0.5) is 10.9 Å². The van der Waals surface area contributed by atoms with Crippen molar-refractivity contribution in [3.8, 4) is 5.75 Å². The molecule has 4 heterocycles. The Labute approximate surface area is 282 Å². The number of hydroxylamine groups is 2. The first kappa shape index (κ1) is 35.0. The molecule has 48 heavy (non-hydrogen) atoms. The number of carbonyl (C=O) groups is 3. The Morgan fingerprint density at radius 1 is 1.33 bits per heavy atom. The summed E-state index contributed by atoms with van der Waals surface area (Å²) in [5.41, 5.74) is 3.37. The van der Waals surface area contributed by atoms with Gasteiger partial charge in [-0.15, -0.1) is 4.28 Å². The highest BCUT2D eigenvalue weighted by atomic mass is 35.5. The fraction of sp³-hybridized carbons (Fsp3) is 0.407. The molecular weight excluding hydrogens is 696 g/mol. The molecule has 2 aliphatic rings. The Balaban J connectivity index is 1.31. The van der Waals surface area contributed by atoms with Gasteiger partial charge in [-0.2, -0.15) is 13.5 Å². The summed E-state index contributed by atoms with van der Waals surface area (Å²) in [7, 11) is -3.11. The maximum atomic E-state index is 13.4. The zero-order valence-electron chi connectivity index (χ0n) is 25.7. The molecule has 0 aliphatic carbocycles. The third kappa shape index (κ3) is 7.53. The fourth-order valence-electron chi connectivity index (χ4n) is 4.90. The minimum absolute atomic E-state index is 0.0512. The zero-order chi connectivity index (χ0) is 35.0. The van der Waals surface area contributed by atoms with Gasteiger partial charge in [0.2, 0.25) is 0 Å². The molecule has 2 amide bonds. The van der Waals surface area contributed by atoms with Crippen LogP contribution in [0.3, 0.4) is 0 Å². The van der Waals surface area contributed by atoms with E-state index < -0.39 is 58.2 Å². The van der Waals surface area contributed by atoms with Gasteiger partial charge >= 0.3 is 16.4 Å². The number of fused-ring (bicyclic) bond motifs is 1. The van der Waals surface area contributed by atoms with Crippen LogP contribution in [0.25, 0.3) is 10.8 Å². The SMILES string of the molecule is C[n+]1ccc2cc(OC[C@H](O/N=C(\C(=O)NC3C(=O)N(OS(=O)(=O)O)C3(C)C)c3nc(N)sc3Cl)C(=O)O)ccc2c1NCC1CNC1. The van der Waals surface area contributed by atoms with Gasteiger partial charge in [0.15, 0.2) is 10.8 Å². The van der Waals surface area contributed by atoms with Crippen LogP contribution in [0.1, 0.15) is 19.5 Å². The van der Waals surface area contributed by atoms with Crippen molar-refractivity contribution in [1.82, 2.24) is 20.7 Å². The second-order valence-corrected chi connectivity index (χ2v) is 14.1. The largest absolute Gasteiger partial charge is 0.489 e. The van der Waals surface area contributed by atoms with E-state index in [1.54, 1.807) is 12.1 Å². The molecule has 2 fully saturated rings. The van der Waals surface area contributed by atoms with E-state index in [0.29, 0.717) is 16.7 Å². The van der Waals surface area contributed by atoms with Crippen LogP contribution >= 0.6 is 22.9 Å². The van der Waals surface area contributed by atoms with Crippen molar-refractivity contribution < 1.29 is 50.9 Å². The molecule has 7 N–H and O–H groups in total. The van der Waals surface area contributed by atoms with Crippen molar-refractivity contribution in [2.75, 3.05) is 37.3 Å². The number of amides is 2. The van der Waals surface area contributed by atoms with Gasteiger partial charge in [-0.05, 0) is 43.5 Å². The fourth-order valence-corrected chi connectivity index (χ4v) is 6.29. The van der Waals surface area contributed by atoms with Crippen LogP contribution in [0.15, 0.2) is 35.6 Å². The van der Waals surface area contributed by atoms with Gasteiger partial charge in [0, 0.05) is 19.0 Å². The molecular formula is C27H32ClN8O10S2+. The predicted molar refractivity (Wildman–Crippen MR) is 172 cm³/mol. The summed E-state index contributed by atoms with van der Waals surface area (Å²) in [6.07, 6.45) is 0.173. The predicted octanol–water partition coefficient (Wildman–Crippen LogP) is 0.0806. The van der Waals surface area contributed by atoms with Crippen LogP contribution in [-0.2, 0) is 41.0 Å². The number of thiazole rings is 1. The number of hydrogen-bond acceptors (Lipinski definition) is 14. The average Bonchev–Trinajstić information content (AvgIpc) is 3.32. The van der Waals surface area contributed by atoms with Crippen molar-refractivity contribution in [3.05, 3.63) is 40.5 Å². The van der Waals surface area contributed by atoms with Gasteiger partial charge in [0.25, 0.3) is 23.7 Å². The molecule has 258 valence electrons. The van der Waals surface area contributed by atoms with E-state index in [-0.39, 0.29) is 15.2 Å². The lowest BCUT2D eigenvalue weighted by Gasteiger charge is -2.50. The van der Waals surface area contributed by atoms with E-state index in [0.717, 1.165) is 47.6 Å². The Morgan fingerprint density at radius 3 is 2.65 bits per heavy atom. The topological polar surface area (TPSA) is 248 Å². The number of nitrogens with two attached hydrogens (primary N) is 1. The van der Waals surface area contributed by atoms with Crippen LogP contribution < -0.4 is 31.0 Å². The summed E-state index contributed by atoms with van der Waals surface area (Å²) in [5.74, 6) is -1.77. The highest BCUT2D eigenvalue weighted by Crippen LogP contribution is 2.33. The number of anilines is 2. The van der Waals surface area contributed by atoms with E-state index in [9.17, 15) is 27.9 Å². The number of β-lactam (4-membered cyclic amide) rings is 1. The Bertz CT molecular complexity index is 1900. The van der Waals surface area contributed by atoms with Gasteiger partial charge in [-0.3, -0.25) is 19.5 Å². The lowest BCUT2D eigenvalue weighted by atomic mass is 9.84. The molecule has 1 unspecified atom stereocenters. The lowest BCUT2D eigenvalue weighted by molar-refractivity contribution is -0.656. The maximum absolute atomic E-state index is 13.4. The van der Waals surface area contributed by atoms with Gasteiger partial charge in [0.05, 0.1) is 30.7 Å². The molecule has 3 aromatic rings. The molecule has 0 radical (unpaired) electrons. The number of nitrogen functional groups attached to an aromatic ring is 1. The average molecular weight is 728 g/mol. The number of nitrogens with one attached hydrogen (secondary N) is 3. The standard InChI is InChI=1S/C27H31ClN8O10S2/c1-27(2)20(24(38)36(27)46-48(41,42)43)33-23(37)19(18-21(28)47-26(29)32-18)34-45-17(25(39)40)12-44-15-4-5-16-14(8-15)6-7-35(3)22(16)31-11-13-9-30-10-13/h4-8,13,17,20,30H,9-12H2,1-3H3,(H5,29,32,33,37,39,40,41,42,43)/p+1/b34-19-/t17-,20?/m0/s1. The second-order valence-electron chi connectivity index (χ2n) is 11.5. The molecule has 2 saturated heterocycles. The number of benzene rings is 1. The Hall–Kier alpha value is -4.34. The first-order valence-corrected chi connectivity index (χ1v) is 16.8. The zero-order valence-corrected chi connectivity index (χ0v) is 28.1. The first-order chi connectivity index (χ1) is 22.5. The summed E-state index contributed by atoms with van der Waals surface area (Å²) in [4.78, 5) is 47.2. The number of aromatic nitrogens is 2. The third-order valence-corrected chi connectivity index (χ3v) is 9.06. The highest BCUT2D eigenvalue weighted by Gasteiger charge is 2.58. The number of pyridine rings is 1. The molecule has 0 saturated carbocycles. The third-order valence-electron chi connectivity index (χ3n) is 7.64. The number of nitrogens with zero attached hydrogens (tertiary/aromatic N) is 4. The summed E-state index contributed by atoms with van der Waals surface area (Å²) in [6, 6.07) is 5.81. The number of ether oxygens (including phenoxy) is 1. The molecule has 21 heteroatoms. The van der Waals surface area contributed by atoms with Crippen LogP contribution in [0.2, 0.25) is 4.34 Å². The van der Waals surface area contributed by atoms with Gasteiger partial charge < -0.3 is 31.0 Å². The van der Waals surface area contributed by atoms with Crippen molar-refractivity contribution in [3.63, 3.8) is 0 Å². The van der Waals surface area contributed by atoms with Crippen LogP contribution in [0.5, 0.6) is 5.75 Å². The molecule has 2 atom stereocenters. The van der Waals surface area contributed by atoms with Gasteiger partial charge in [-0.25, -0.2) is 14.3 Å². The van der Waals surface area contributed by atoms with Crippen molar-refractivity contribution >= 4 is 78.6 Å². The number of rotatable bonds is 14. The van der Waals surface area contributed by atoms with E-state index in [1.807, 2.05) is 29.9 Å². The number of carboxylic acid groups (broad SMARTS) is 1. The van der Waals surface area contributed by atoms with E-state index in [1.165, 1.54) is 13.8 Å². The lowest BCUT2D eigenvalue weighted by Crippen LogP contribution is -2.76. The maximum Gasteiger partial charge on any atom is 0.418 e. The highest BCUT2D eigenvalue weighted by molar-refractivity contribution is 7.80. The van der Waals surface area contributed by atoms with E-state index >= 15 is 0 Å². The molecule has 0 spiro atoms. The Morgan fingerprint density at radius 2 is 2.06 bits per heavy atom. The van der Waals surface area contributed by atoms with E-state index in [2.05, 4.69) is 30.4 Å². The normalized spacial score (nSPS) is 18.5. The summed E-state index contributed by atoms with van der Waals surface area (Å²) >= 11 is 7.00. The van der Waals surface area contributed by atoms with Crippen LogP contribution in [-0.4, -0.2) is 95.5 Å². The smallest absolute Gasteiger partial charge is 0.418 e. The number of carboxylic acids is 1. The van der Waals surface area contributed by atoms with Gasteiger partial charge in [-0.1, -0.05) is 28.1 Å². The monoisotopic (exact) mass is 727 g/mol. The Kier molecular flexibility index (Phi) is 9.94. The van der Waals surface area contributed by atoms with Crippen molar-refractivity contribution in [1.29, 1.82) is 0 Å². The van der Waals surface area contributed by atoms with Gasteiger partial charge in [0.1, 0.15) is 28.4 Å². The summed E-state index contributed by atoms with van der Waals surface area (Å²) in [5, 5.41) is 24.7. The minimum atomic E-state index is -5.04. The number of hydrogen-bond donors (Lipinski definition) is 6. The minimum Gasteiger partial charge on any atom is -0.489 e. The molecule has 2 aromatic heterocycles. The molecule has 2 aliphatic heterocycles. The number of carbonyl (C=O) groups excluding carboxylic acids is 2. The number of aliphatic carboxylic acids is 1. The molecule has 18 nitrogen and oxygen atoms in total. The molecule has 0 bridgehead atoms. The van der Waals surface area contributed by atoms with Crippen LogP contribution in [0, 0.1) is 5.92 Å². The molecule has 1 aromatic carbocycles. The quantitative estimate of drug-likeness (QED) is 0.0423. The van der Waals surface area contributed by atoms with Crippen molar-refractivity contribution in [2.45, 2.75) is 31.5 Å². The summed E-state index contributed by atoms with van der Waals surface area (Å²) in [6.45, 7) is 4.90.